The summed E-state index contributed by atoms with van der Waals surface area (Å²) < 4.78 is 29.3. The molecule has 0 saturated carbocycles. The molecule has 0 heterocycles. The number of hydrogen-bond donors (Lipinski definition) is 1. The van der Waals surface area contributed by atoms with Crippen molar-refractivity contribution in [2.24, 2.45) is 0 Å². The molecule has 2 amide bonds. The van der Waals surface area contributed by atoms with E-state index in [1.165, 1.54) is 17.0 Å². The predicted octanol–water partition coefficient (Wildman–Crippen LogP) is 6.32. The quantitative estimate of drug-likeness (QED) is 0.187. The summed E-state index contributed by atoms with van der Waals surface area (Å²) in [4.78, 5) is 29.7. The summed E-state index contributed by atoms with van der Waals surface area (Å²) in [6.45, 7) is 5.77. The van der Waals surface area contributed by atoms with Crippen molar-refractivity contribution in [2.45, 2.75) is 51.1 Å². The Bertz CT molecular complexity index is 1640. The third-order valence-corrected chi connectivity index (χ3v) is 9.34. The zero-order valence-electron chi connectivity index (χ0n) is 25.2. The van der Waals surface area contributed by atoms with Gasteiger partial charge in [0.25, 0.3) is 10.0 Å². The molecule has 9 heteroatoms. The summed E-state index contributed by atoms with van der Waals surface area (Å²) in [5.41, 5.74) is 3.85. The topological polar surface area (TPSA) is 86.8 Å². The van der Waals surface area contributed by atoms with Crippen LogP contribution in [0.3, 0.4) is 0 Å². The first-order valence-corrected chi connectivity index (χ1v) is 16.4. The molecule has 4 aromatic rings. The lowest BCUT2D eigenvalue weighted by Gasteiger charge is -2.34. The number of carbonyl (C=O) groups is 2. The highest BCUT2D eigenvalue weighted by Gasteiger charge is 2.34. The van der Waals surface area contributed by atoms with Crippen molar-refractivity contribution in [1.82, 2.24) is 10.2 Å². The van der Waals surface area contributed by atoms with Crippen LogP contribution in [-0.4, -0.2) is 44.3 Å². The second kappa shape index (κ2) is 15.0. The lowest BCUT2D eigenvalue weighted by molar-refractivity contribution is -0.140. The summed E-state index contributed by atoms with van der Waals surface area (Å²) >= 11 is 6.14. The molecule has 1 atom stereocenters. The van der Waals surface area contributed by atoms with Crippen LogP contribution in [-0.2, 0) is 32.6 Å². The molecule has 4 rings (SSSR count). The van der Waals surface area contributed by atoms with Crippen LogP contribution in [0.5, 0.6) is 0 Å². The molecule has 7 nitrogen and oxygen atoms in total. The lowest BCUT2D eigenvalue weighted by atomic mass is 10.0. The van der Waals surface area contributed by atoms with Gasteiger partial charge < -0.3 is 10.2 Å². The van der Waals surface area contributed by atoms with Gasteiger partial charge in [-0.2, -0.15) is 0 Å². The van der Waals surface area contributed by atoms with Crippen molar-refractivity contribution < 1.29 is 18.0 Å². The maximum absolute atomic E-state index is 14.4. The molecule has 0 bridgehead atoms. The number of hydrogen-bond acceptors (Lipinski definition) is 4. The average Bonchev–Trinajstić information content (AvgIpc) is 3.02. The van der Waals surface area contributed by atoms with Gasteiger partial charge in [0, 0.05) is 24.5 Å². The fourth-order valence-corrected chi connectivity index (χ4v) is 6.32. The second-order valence-electron chi connectivity index (χ2n) is 10.8. The number of halogens is 1. The zero-order valence-corrected chi connectivity index (χ0v) is 26.8. The Morgan fingerprint density at radius 3 is 1.98 bits per heavy atom. The van der Waals surface area contributed by atoms with Gasteiger partial charge in [-0.05, 0) is 67.8 Å². The number of rotatable bonds is 13. The number of carbonyl (C=O) groups excluding carboxylic acids is 2. The molecule has 0 spiro atoms. The molecule has 0 aliphatic heterocycles. The highest BCUT2D eigenvalue weighted by atomic mass is 35.5. The number of benzene rings is 4. The first-order chi connectivity index (χ1) is 21.1. The Hall–Kier alpha value is -4.14. The van der Waals surface area contributed by atoms with E-state index in [0.29, 0.717) is 17.3 Å². The van der Waals surface area contributed by atoms with Crippen molar-refractivity contribution in [2.75, 3.05) is 17.4 Å². The summed E-state index contributed by atoms with van der Waals surface area (Å²) in [6, 6.07) is 29.1. The highest BCUT2D eigenvalue weighted by Crippen LogP contribution is 2.26. The van der Waals surface area contributed by atoms with Gasteiger partial charge in [-0.1, -0.05) is 96.4 Å². The number of anilines is 1. The average molecular weight is 632 g/mol. The van der Waals surface area contributed by atoms with Crippen molar-refractivity contribution in [3.63, 3.8) is 0 Å². The van der Waals surface area contributed by atoms with Crippen LogP contribution in [0.25, 0.3) is 0 Å². The molecule has 0 radical (unpaired) electrons. The van der Waals surface area contributed by atoms with Crippen LogP contribution in [0.15, 0.2) is 108 Å². The van der Waals surface area contributed by atoms with Crippen molar-refractivity contribution in [3.05, 3.63) is 130 Å². The summed E-state index contributed by atoms with van der Waals surface area (Å²) in [5, 5.41) is 3.49. The molecule has 0 fully saturated rings. The summed E-state index contributed by atoms with van der Waals surface area (Å²) in [5.74, 6) is -0.815. The van der Waals surface area contributed by atoms with Gasteiger partial charge in [-0.25, -0.2) is 8.42 Å². The molecule has 230 valence electrons. The minimum Gasteiger partial charge on any atom is -0.354 e. The number of nitrogens with one attached hydrogen (secondary N) is 1. The minimum atomic E-state index is -4.14. The molecule has 0 aromatic heterocycles. The van der Waals surface area contributed by atoms with E-state index >= 15 is 0 Å². The van der Waals surface area contributed by atoms with E-state index in [2.05, 4.69) is 5.32 Å². The Morgan fingerprint density at radius 2 is 1.39 bits per heavy atom. The molecule has 0 unspecified atom stereocenters. The van der Waals surface area contributed by atoms with Crippen molar-refractivity contribution in [1.29, 1.82) is 0 Å². The second-order valence-corrected chi connectivity index (χ2v) is 13.1. The lowest BCUT2D eigenvalue weighted by Crippen LogP contribution is -2.53. The molecule has 0 aliphatic rings. The van der Waals surface area contributed by atoms with E-state index in [1.54, 1.807) is 60.7 Å². The van der Waals surface area contributed by atoms with E-state index in [-0.39, 0.29) is 23.8 Å². The molecule has 44 heavy (non-hydrogen) atoms. The highest BCUT2D eigenvalue weighted by molar-refractivity contribution is 7.92. The standard InChI is InChI=1S/C35H38ClN3O4S/c1-4-22-37-35(41)33(23-28-8-6-5-7-9-28)38(24-29-14-16-30(36)17-15-29)34(40)25-39(31-18-10-26(2)11-19-31)44(42,43)32-20-12-27(3)13-21-32/h5-21,33H,4,22-25H2,1-3H3,(H,37,41)/t33-/m1/s1. The normalized spacial score (nSPS) is 11.9. The van der Waals surface area contributed by atoms with Gasteiger partial charge in [0.1, 0.15) is 12.6 Å². The van der Waals surface area contributed by atoms with Crippen molar-refractivity contribution in [3.8, 4) is 0 Å². The Balaban J connectivity index is 1.78. The molecule has 1 N–H and O–H groups in total. The van der Waals surface area contributed by atoms with Crippen LogP contribution < -0.4 is 9.62 Å². The van der Waals surface area contributed by atoms with E-state index in [1.807, 2.05) is 51.1 Å². The van der Waals surface area contributed by atoms with Gasteiger partial charge in [0.15, 0.2) is 0 Å². The number of sulfonamides is 1. The van der Waals surface area contributed by atoms with Crippen LogP contribution >= 0.6 is 11.6 Å². The van der Waals surface area contributed by atoms with Gasteiger partial charge in [0.05, 0.1) is 10.6 Å². The SMILES string of the molecule is CCCNC(=O)[C@@H](Cc1ccccc1)N(Cc1ccc(Cl)cc1)C(=O)CN(c1ccc(C)cc1)S(=O)(=O)c1ccc(C)cc1. The Labute approximate surface area is 265 Å². The zero-order chi connectivity index (χ0) is 31.7. The number of nitrogens with zero attached hydrogens (tertiary/aromatic N) is 2. The third-order valence-electron chi connectivity index (χ3n) is 7.30. The fraction of sp³-hybridized carbons (Fsp3) is 0.257. The van der Waals surface area contributed by atoms with Crippen molar-refractivity contribution >= 4 is 39.1 Å². The molecular weight excluding hydrogens is 594 g/mol. The van der Waals surface area contributed by atoms with Crippen LogP contribution in [0, 0.1) is 13.8 Å². The monoisotopic (exact) mass is 631 g/mol. The Kier molecular flexibility index (Phi) is 11.2. The van der Waals surface area contributed by atoms with E-state index < -0.39 is 28.5 Å². The van der Waals surface area contributed by atoms with Gasteiger partial charge >= 0.3 is 0 Å². The van der Waals surface area contributed by atoms with Crippen LogP contribution in [0.1, 0.15) is 35.6 Å². The predicted molar refractivity (Wildman–Crippen MR) is 176 cm³/mol. The largest absolute Gasteiger partial charge is 0.354 e. The van der Waals surface area contributed by atoms with Gasteiger partial charge in [0.2, 0.25) is 11.8 Å². The van der Waals surface area contributed by atoms with Crippen LogP contribution in [0.4, 0.5) is 5.69 Å². The minimum absolute atomic E-state index is 0.0715. The van der Waals surface area contributed by atoms with E-state index in [9.17, 15) is 18.0 Å². The number of amides is 2. The molecule has 4 aromatic carbocycles. The molecule has 0 saturated heterocycles. The van der Waals surface area contributed by atoms with E-state index in [0.717, 1.165) is 33.0 Å². The molecule has 0 aliphatic carbocycles. The number of aryl methyl sites for hydroxylation is 2. The smallest absolute Gasteiger partial charge is 0.264 e. The molecular formula is C35H38ClN3O4S. The van der Waals surface area contributed by atoms with Gasteiger partial charge in [-0.15, -0.1) is 0 Å². The maximum Gasteiger partial charge on any atom is 0.264 e. The first-order valence-electron chi connectivity index (χ1n) is 14.6. The van der Waals surface area contributed by atoms with Crippen LogP contribution in [0.2, 0.25) is 5.02 Å². The van der Waals surface area contributed by atoms with E-state index in [4.69, 9.17) is 11.6 Å². The summed E-state index contributed by atoms with van der Waals surface area (Å²) in [6.07, 6.45) is 0.982. The fourth-order valence-electron chi connectivity index (χ4n) is 4.78. The first kappa shape index (κ1) is 32.8. The maximum atomic E-state index is 14.4. The summed E-state index contributed by atoms with van der Waals surface area (Å²) in [7, 11) is -4.14. The third kappa shape index (κ3) is 8.49. The Morgan fingerprint density at radius 1 is 0.795 bits per heavy atom. The van der Waals surface area contributed by atoms with Gasteiger partial charge in [-0.3, -0.25) is 13.9 Å².